The van der Waals surface area contributed by atoms with Crippen LogP contribution >= 0.6 is 0 Å². The number of hydrogen-bond acceptors (Lipinski definition) is 3. The van der Waals surface area contributed by atoms with Crippen LogP contribution in [0, 0.1) is 17.7 Å². The minimum Gasteiger partial charge on any atom is -0.326 e. The van der Waals surface area contributed by atoms with Gasteiger partial charge in [0, 0.05) is 19.2 Å². The Balaban J connectivity index is 2.11. The van der Waals surface area contributed by atoms with E-state index in [0.717, 1.165) is 6.54 Å². The molecular weight excluding hydrogens is 261 g/mol. The minimum atomic E-state index is -0.522. The number of anilines is 2. The fourth-order valence-electron chi connectivity index (χ4n) is 2.29. The molecule has 1 aliphatic rings. The first kappa shape index (κ1) is 14.5. The number of hydrogen-bond donors (Lipinski definition) is 3. The molecule has 108 valence electrons. The molecule has 2 amide bonds. The van der Waals surface area contributed by atoms with Gasteiger partial charge in [0.15, 0.2) is 0 Å². The van der Waals surface area contributed by atoms with Crippen LogP contribution in [0.25, 0.3) is 0 Å². The molecule has 1 aromatic rings. The van der Waals surface area contributed by atoms with E-state index in [1.165, 1.54) is 25.1 Å². The number of nitrogens with one attached hydrogen (secondary N) is 3. The SMILES string of the molecule is CC(=O)Nc1ccc(F)c(NC(=O)C2CNCC2C)c1. The summed E-state index contributed by atoms with van der Waals surface area (Å²) >= 11 is 0. The van der Waals surface area contributed by atoms with E-state index in [1.807, 2.05) is 6.92 Å². The Kier molecular flexibility index (Phi) is 4.34. The molecule has 0 spiro atoms. The molecule has 2 atom stereocenters. The zero-order chi connectivity index (χ0) is 14.7. The van der Waals surface area contributed by atoms with Gasteiger partial charge < -0.3 is 16.0 Å². The number of halogens is 1. The second-order valence-electron chi connectivity index (χ2n) is 5.11. The monoisotopic (exact) mass is 279 g/mol. The summed E-state index contributed by atoms with van der Waals surface area (Å²) < 4.78 is 13.7. The number of rotatable bonds is 3. The predicted molar refractivity (Wildman–Crippen MR) is 74.9 cm³/mol. The average molecular weight is 279 g/mol. The highest BCUT2D eigenvalue weighted by atomic mass is 19.1. The maximum absolute atomic E-state index is 13.7. The van der Waals surface area contributed by atoms with Crippen molar-refractivity contribution in [2.24, 2.45) is 11.8 Å². The number of carbonyl (C=O) groups is 2. The summed E-state index contributed by atoms with van der Waals surface area (Å²) in [5.74, 6) is -0.926. The molecule has 5 nitrogen and oxygen atoms in total. The third-order valence-electron chi connectivity index (χ3n) is 3.40. The van der Waals surface area contributed by atoms with Crippen molar-refractivity contribution in [3.05, 3.63) is 24.0 Å². The molecule has 0 radical (unpaired) electrons. The van der Waals surface area contributed by atoms with Gasteiger partial charge in [0.05, 0.1) is 11.6 Å². The van der Waals surface area contributed by atoms with Gasteiger partial charge in [0.25, 0.3) is 0 Å². The van der Waals surface area contributed by atoms with Gasteiger partial charge in [0.2, 0.25) is 11.8 Å². The molecule has 1 saturated heterocycles. The molecule has 1 fully saturated rings. The molecule has 0 aromatic heterocycles. The first-order valence-electron chi connectivity index (χ1n) is 6.56. The highest BCUT2D eigenvalue weighted by Gasteiger charge is 2.29. The molecule has 1 aliphatic heterocycles. The van der Waals surface area contributed by atoms with E-state index in [9.17, 15) is 14.0 Å². The number of benzene rings is 1. The summed E-state index contributed by atoms with van der Waals surface area (Å²) in [5.41, 5.74) is 0.534. The summed E-state index contributed by atoms with van der Waals surface area (Å²) in [7, 11) is 0. The number of carbonyl (C=O) groups excluding carboxylic acids is 2. The molecule has 1 heterocycles. The van der Waals surface area contributed by atoms with Crippen LogP contribution in [-0.2, 0) is 9.59 Å². The van der Waals surface area contributed by atoms with E-state index >= 15 is 0 Å². The first-order valence-corrected chi connectivity index (χ1v) is 6.56. The lowest BCUT2D eigenvalue weighted by atomic mass is 9.97. The Morgan fingerprint density at radius 2 is 2.05 bits per heavy atom. The molecule has 0 bridgehead atoms. The van der Waals surface area contributed by atoms with Gasteiger partial charge in [-0.25, -0.2) is 4.39 Å². The Labute approximate surface area is 116 Å². The molecule has 2 rings (SSSR count). The van der Waals surface area contributed by atoms with Crippen LogP contribution in [0.1, 0.15) is 13.8 Å². The zero-order valence-electron chi connectivity index (χ0n) is 11.5. The van der Waals surface area contributed by atoms with Crippen molar-refractivity contribution in [1.82, 2.24) is 5.32 Å². The van der Waals surface area contributed by atoms with Crippen molar-refractivity contribution in [2.45, 2.75) is 13.8 Å². The molecule has 3 N–H and O–H groups in total. The average Bonchev–Trinajstić information content (AvgIpc) is 2.79. The molecule has 0 saturated carbocycles. The van der Waals surface area contributed by atoms with Gasteiger partial charge in [-0.1, -0.05) is 6.92 Å². The smallest absolute Gasteiger partial charge is 0.229 e. The van der Waals surface area contributed by atoms with Crippen LogP contribution in [0.2, 0.25) is 0 Å². The second-order valence-corrected chi connectivity index (χ2v) is 5.11. The molecule has 1 aromatic carbocycles. The lowest BCUT2D eigenvalue weighted by Gasteiger charge is -2.15. The largest absolute Gasteiger partial charge is 0.326 e. The van der Waals surface area contributed by atoms with Gasteiger partial charge in [-0.3, -0.25) is 9.59 Å². The molecular formula is C14H18FN3O2. The van der Waals surface area contributed by atoms with Crippen molar-refractivity contribution in [3.63, 3.8) is 0 Å². The van der Waals surface area contributed by atoms with E-state index in [1.54, 1.807) is 0 Å². The Hall–Kier alpha value is -1.95. The lowest BCUT2D eigenvalue weighted by molar-refractivity contribution is -0.120. The van der Waals surface area contributed by atoms with Crippen molar-refractivity contribution >= 4 is 23.2 Å². The molecule has 6 heteroatoms. The van der Waals surface area contributed by atoms with Gasteiger partial charge >= 0.3 is 0 Å². The van der Waals surface area contributed by atoms with Crippen LogP contribution in [0.3, 0.4) is 0 Å². The summed E-state index contributed by atoms with van der Waals surface area (Å²) in [4.78, 5) is 23.1. The topological polar surface area (TPSA) is 70.2 Å². The molecule has 20 heavy (non-hydrogen) atoms. The quantitative estimate of drug-likeness (QED) is 0.786. The molecule has 2 unspecified atom stereocenters. The van der Waals surface area contributed by atoms with Gasteiger partial charge in [-0.2, -0.15) is 0 Å². The first-order chi connectivity index (χ1) is 9.47. The van der Waals surface area contributed by atoms with E-state index in [4.69, 9.17) is 0 Å². The van der Waals surface area contributed by atoms with E-state index in [2.05, 4.69) is 16.0 Å². The summed E-state index contributed by atoms with van der Waals surface area (Å²) in [6.45, 7) is 4.73. The van der Waals surface area contributed by atoms with Crippen LogP contribution in [0.15, 0.2) is 18.2 Å². The third-order valence-corrected chi connectivity index (χ3v) is 3.40. The highest BCUT2D eigenvalue weighted by Crippen LogP contribution is 2.23. The van der Waals surface area contributed by atoms with Crippen molar-refractivity contribution in [2.75, 3.05) is 23.7 Å². The minimum absolute atomic E-state index is 0.0837. The van der Waals surface area contributed by atoms with Crippen LogP contribution in [0.4, 0.5) is 15.8 Å². The van der Waals surface area contributed by atoms with Crippen molar-refractivity contribution < 1.29 is 14.0 Å². The van der Waals surface area contributed by atoms with Crippen molar-refractivity contribution in [3.8, 4) is 0 Å². The fourth-order valence-corrected chi connectivity index (χ4v) is 2.29. The Bertz CT molecular complexity index is 533. The van der Waals surface area contributed by atoms with Crippen LogP contribution in [-0.4, -0.2) is 24.9 Å². The summed E-state index contributed by atoms with van der Waals surface area (Å²) in [6, 6.07) is 4.09. The van der Waals surface area contributed by atoms with Gasteiger partial charge in [-0.15, -0.1) is 0 Å². The van der Waals surface area contributed by atoms with E-state index in [0.29, 0.717) is 12.2 Å². The summed E-state index contributed by atoms with van der Waals surface area (Å²) in [5, 5.41) is 8.27. The Morgan fingerprint density at radius 1 is 1.30 bits per heavy atom. The van der Waals surface area contributed by atoms with E-state index < -0.39 is 5.82 Å². The summed E-state index contributed by atoms with van der Waals surface area (Å²) in [6.07, 6.45) is 0. The maximum Gasteiger partial charge on any atom is 0.229 e. The van der Waals surface area contributed by atoms with Crippen molar-refractivity contribution in [1.29, 1.82) is 0 Å². The molecule has 0 aliphatic carbocycles. The van der Waals surface area contributed by atoms with Crippen LogP contribution < -0.4 is 16.0 Å². The Morgan fingerprint density at radius 3 is 2.65 bits per heavy atom. The standard InChI is InChI=1S/C14H18FN3O2/c1-8-6-16-7-11(8)14(20)18-13-5-10(17-9(2)19)3-4-12(13)15/h3-5,8,11,16H,6-7H2,1-2H3,(H,17,19)(H,18,20). The third kappa shape index (κ3) is 3.33. The maximum atomic E-state index is 13.7. The fraction of sp³-hybridized carbons (Fsp3) is 0.429. The highest BCUT2D eigenvalue weighted by molar-refractivity contribution is 5.95. The zero-order valence-corrected chi connectivity index (χ0v) is 11.5. The number of amides is 2. The van der Waals surface area contributed by atoms with Gasteiger partial charge in [-0.05, 0) is 30.7 Å². The van der Waals surface area contributed by atoms with Crippen LogP contribution in [0.5, 0.6) is 0 Å². The lowest BCUT2D eigenvalue weighted by Crippen LogP contribution is -2.28. The van der Waals surface area contributed by atoms with Gasteiger partial charge in [0.1, 0.15) is 5.82 Å². The normalized spacial score (nSPS) is 21.6. The second kappa shape index (κ2) is 6.00. The van der Waals surface area contributed by atoms with E-state index in [-0.39, 0.29) is 29.3 Å². The predicted octanol–water partition coefficient (Wildman–Crippen LogP) is 1.58.